The van der Waals surface area contributed by atoms with Crippen LogP contribution in [0.3, 0.4) is 0 Å². The average molecular weight is 382 g/mol. The van der Waals surface area contributed by atoms with E-state index in [9.17, 15) is 0 Å². The predicted octanol–water partition coefficient (Wildman–Crippen LogP) is 3.70. The van der Waals surface area contributed by atoms with Crippen LogP contribution in [0.15, 0.2) is 51.9 Å². The van der Waals surface area contributed by atoms with Gasteiger partial charge in [-0.25, -0.2) is 4.99 Å². The Morgan fingerprint density at radius 1 is 1.27 bits per heavy atom. The number of nitrogens with two attached hydrogens (primary N) is 1. The van der Waals surface area contributed by atoms with E-state index < -0.39 is 5.54 Å². The van der Waals surface area contributed by atoms with E-state index in [1.807, 2.05) is 42.5 Å². The van der Waals surface area contributed by atoms with Crippen molar-refractivity contribution in [1.82, 2.24) is 0 Å². The van der Waals surface area contributed by atoms with Gasteiger partial charge in [0.05, 0.1) is 12.1 Å². The van der Waals surface area contributed by atoms with Gasteiger partial charge in [0.2, 0.25) is 0 Å². The maximum Gasteiger partial charge on any atom is 0.283 e. The second kappa shape index (κ2) is 5.82. The lowest BCUT2D eigenvalue weighted by atomic mass is 9.84. The zero-order valence-corrected chi connectivity index (χ0v) is 14.2. The molecule has 1 aliphatic rings. The first-order chi connectivity index (χ1) is 10.5. The Morgan fingerprint density at radius 2 is 2.05 bits per heavy atom. The van der Waals surface area contributed by atoms with Gasteiger partial charge < -0.3 is 15.2 Å². The first-order valence-electron chi connectivity index (χ1n) is 6.63. The van der Waals surface area contributed by atoms with Gasteiger partial charge in [-0.2, -0.15) is 0 Å². The fourth-order valence-electron chi connectivity index (χ4n) is 2.56. The minimum Gasteiger partial charge on any atom is -0.495 e. The summed E-state index contributed by atoms with van der Waals surface area (Å²) in [7, 11) is 1.58. The topological polar surface area (TPSA) is 56.8 Å². The van der Waals surface area contributed by atoms with Crippen molar-refractivity contribution in [1.29, 1.82) is 0 Å². The van der Waals surface area contributed by atoms with E-state index in [4.69, 9.17) is 26.8 Å². The highest BCUT2D eigenvalue weighted by molar-refractivity contribution is 9.10. The third kappa shape index (κ3) is 2.55. The van der Waals surface area contributed by atoms with Crippen molar-refractivity contribution < 1.29 is 9.47 Å². The summed E-state index contributed by atoms with van der Waals surface area (Å²) in [4.78, 5) is 4.55. The van der Waals surface area contributed by atoms with Crippen LogP contribution < -0.4 is 10.5 Å². The lowest BCUT2D eigenvalue weighted by Gasteiger charge is -2.26. The molecule has 2 aromatic carbocycles. The Balaban J connectivity index is 2.18. The zero-order chi connectivity index (χ0) is 15.7. The summed E-state index contributed by atoms with van der Waals surface area (Å²) in [6.45, 7) is 0.331. The molecule has 1 atom stereocenters. The molecule has 0 fully saturated rings. The quantitative estimate of drug-likeness (QED) is 0.882. The molecule has 1 unspecified atom stereocenters. The van der Waals surface area contributed by atoms with E-state index >= 15 is 0 Å². The highest BCUT2D eigenvalue weighted by Crippen LogP contribution is 2.40. The Kier molecular flexibility index (Phi) is 4.02. The maximum absolute atomic E-state index is 6.27. The van der Waals surface area contributed by atoms with Gasteiger partial charge in [-0.3, -0.25) is 0 Å². The highest BCUT2D eigenvalue weighted by atomic mass is 79.9. The van der Waals surface area contributed by atoms with Crippen LogP contribution in [0.4, 0.5) is 0 Å². The van der Waals surface area contributed by atoms with Gasteiger partial charge in [-0.1, -0.05) is 45.7 Å². The summed E-state index contributed by atoms with van der Waals surface area (Å²) in [6.07, 6.45) is 0. The van der Waals surface area contributed by atoms with Crippen LogP contribution in [0.5, 0.6) is 5.75 Å². The number of halogens is 2. The van der Waals surface area contributed by atoms with Crippen LogP contribution in [0.25, 0.3) is 0 Å². The number of nitrogens with zero attached hydrogens (tertiary/aromatic N) is 1. The first kappa shape index (κ1) is 15.2. The van der Waals surface area contributed by atoms with Crippen molar-refractivity contribution in [3.63, 3.8) is 0 Å². The molecule has 0 saturated heterocycles. The molecule has 0 aromatic heterocycles. The normalized spacial score (nSPS) is 20.4. The first-order valence-corrected chi connectivity index (χ1v) is 7.80. The smallest absolute Gasteiger partial charge is 0.283 e. The molecule has 22 heavy (non-hydrogen) atoms. The van der Waals surface area contributed by atoms with Gasteiger partial charge in [0.25, 0.3) is 6.02 Å². The number of rotatable bonds is 3. The van der Waals surface area contributed by atoms with Crippen molar-refractivity contribution in [2.24, 2.45) is 10.7 Å². The Bertz CT molecular complexity index is 751. The average Bonchev–Trinajstić information content (AvgIpc) is 2.90. The van der Waals surface area contributed by atoms with Gasteiger partial charge in [0.1, 0.15) is 12.4 Å². The van der Waals surface area contributed by atoms with E-state index in [1.54, 1.807) is 7.11 Å². The Hall–Kier alpha value is -1.72. The number of methoxy groups -OCH3 is 1. The fraction of sp³-hybridized carbons (Fsp3) is 0.188. The van der Waals surface area contributed by atoms with E-state index in [1.165, 1.54) is 0 Å². The molecule has 3 rings (SSSR count). The van der Waals surface area contributed by atoms with Gasteiger partial charge in [0, 0.05) is 4.47 Å². The molecule has 0 bridgehead atoms. The third-order valence-corrected chi connectivity index (χ3v) is 4.45. The van der Waals surface area contributed by atoms with Gasteiger partial charge in [0.15, 0.2) is 5.54 Å². The molecule has 2 N–H and O–H groups in total. The van der Waals surface area contributed by atoms with Crippen molar-refractivity contribution in [2.75, 3.05) is 13.7 Å². The summed E-state index contributed by atoms with van der Waals surface area (Å²) < 4.78 is 11.6. The molecule has 4 nitrogen and oxygen atoms in total. The van der Waals surface area contributed by atoms with Crippen LogP contribution in [-0.2, 0) is 10.3 Å². The molecule has 2 aromatic rings. The molecule has 114 valence electrons. The van der Waals surface area contributed by atoms with Crippen LogP contribution in [-0.4, -0.2) is 19.7 Å². The number of hydrogen-bond donors (Lipinski definition) is 1. The fourth-order valence-corrected chi connectivity index (χ4v) is 3.22. The maximum atomic E-state index is 6.27. The van der Waals surface area contributed by atoms with Crippen molar-refractivity contribution in [2.45, 2.75) is 5.54 Å². The second-order valence-corrected chi connectivity index (χ2v) is 6.28. The minimum atomic E-state index is -0.705. The van der Waals surface area contributed by atoms with Crippen molar-refractivity contribution in [3.05, 3.63) is 63.1 Å². The Labute approximate surface area is 142 Å². The standard InChI is InChI=1S/C16H14BrClN2O2/c1-21-14-6-5-11(8-13(14)18)16(9-22-15(19)20-16)10-3-2-4-12(17)7-10/h2-8H,9H2,1H3,(H2,19,20). The largest absolute Gasteiger partial charge is 0.495 e. The number of amidine groups is 1. The molecule has 6 heteroatoms. The molecular weight excluding hydrogens is 368 g/mol. The summed E-state index contributed by atoms with van der Waals surface area (Å²) in [5.74, 6) is 0.616. The van der Waals surface area contributed by atoms with Gasteiger partial charge in [-0.05, 0) is 35.4 Å². The van der Waals surface area contributed by atoms with Crippen molar-refractivity contribution in [3.8, 4) is 5.75 Å². The van der Waals surface area contributed by atoms with E-state index in [-0.39, 0.29) is 6.02 Å². The molecule has 0 saturated carbocycles. The van der Waals surface area contributed by atoms with Crippen LogP contribution in [0, 0.1) is 0 Å². The number of ether oxygens (including phenoxy) is 2. The number of hydrogen-bond acceptors (Lipinski definition) is 4. The van der Waals surface area contributed by atoms with E-state index in [2.05, 4.69) is 20.9 Å². The predicted molar refractivity (Wildman–Crippen MR) is 90.5 cm³/mol. The molecule has 0 spiro atoms. The van der Waals surface area contributed by atoms with Crippen molar-refractivity contribution >= 4 is 33.6 Å². The van der Waals surface area contributed by atoms with Crippen LogP contribution in [0.2, 0.25) is 5.02 Å². The van der Waals surface area contributed by atoms with Crippen LogP contribution >= 0.6 is 27.5 Å². The SMILES string of the molecule is COc1ccc(C2(c3cccc(Br)c3)COC(N)=N2)cc1Cl. The molecule has 1 heterocycles. The highest BCUT2D eigenvalue weighted by Gasteiger charge is 2.40. The number of benzene rings is 2. The molecule has 1 aliphatic heterocycles. The molecule has 0 radical (unpaired) electrons. The molecular formula is C16H14BrClN2O2. The zero-order valence-electron chi connectivity index (χ0n) is 11.8. The van der Waals surface area contributed by atoms with Gasteiger partial charge >= 0.3 is 0 Å². The summed E-state index contributed by atoms with van der Waals surface area (Å²) in [6, 6.07) is 13.7. The number of aliphatic imine (C=N–C) groups is 1. The van der Waals surface area contributed by atoms with E-state index in [0.717, 1.165) is 15.6 Å². The monoisotopic (exact) mass is 380 g/mol. The summed E-state index contributed by atoms with van der Waals surface area (Å²) >= 11 is 9.76. The minimum absolute atomic E-state index is 0.173. The lowest BCUT2D eigenvalue weighted by Crippen LogP contribution is -2.27. The third-order valence-electron chi connectivity index (χ3n) is 3.66. The molecule has 0 aliphatic carbocycles. The van der Waals surface area contributed by atoms with Gasteiger partial charge in [-0.15, -0.1) is 0 Å². The second-order valence-electron chi connectivity index (χ2n) is 4.96. The lowest BCUT2D eigenvalue weighted by molar-refractivity contribution is 0.278. The molecule has 0 amide bonds. The Morgan fingerprint density at radius 3 is 2.64 bits per heavy atom. The van der Waals surface area contributed by atoms with Crippen LogP contribution in [0.1, 0.15) is 11.1 Å². The van der Waals surface area contributed by atoms with E-state index in [0.29, 0.717) is 17.4 Å². The summed E-state index contributed by atoms with van der Waals surface area (Å²) in [5.41, 5.74) is 6.95. The summed E-state index contributed by atoms with van der Waals surface area (Å²) in [5, 5.41) is 0.523.